The zero-order valence-corrected chi connectivity index (χ0v) is 13.8. The number of ketones is 1. The van der Waals surface area contributed by atoms with Gasteiger partial charge in [-0.1, -0.05) is 42.5 Å². The van der Waals surface area contributed by atoms with E-state index >= 15 is 0 Å². The van der Waals surface area contributed by atoms with Crippen molar-refractivity contribution in [3.63, 3.8) is 0 Å². The summed E-state index contributed by atoms with van der Waals surface area (Å²) in [5.41, 5.74) is 1.09. The Morgan fingerprint density at radius 1 is 1.04 bits per heavy atom. The lowest BCUT2D eigenvalue weighted by atomic mass is 10.1. The first-order valence-corrected chi connectivity index (χ1v) is 8.68. The minimum absolute atomic E-state index is 0.0287. The molecule has 0 aliphatic carbocycles. The summed E-state index contributed by atoms with van der Waals surface area (Å²) in [5, 5.41) is 9.29. The molecule has 2 rings (SSSR count). The summed E-state index contributed by atoms with van der Waals surface area (Å²) in [6.45, 7) is 1.38. The molecule has 2 N–H and O–H groups in total. The van der Waals surface area contributed by atoms with Gasteiger partial charge in [0.1, 0.15) is 6.04 Å². The van der Waals surface area contributed by atoms with Gasteiger partial charge in [0.2, 0.25) is 10.0 Å². The highest BCUT2D eigenvalue weighted by Crippen LogP contribution is 2.13. The van der Waals surface area contributed by atoms with Crippen LogP contribution in [0, 0.1) is 0 Å². The van der Waals surface area contributed by atoms with Crippen LogP contribution in [-0.2, 0) is 21.2 Å². The lowest BCUT2D eigenvalue weighted by molar-refractivity contribution is -0.138. The maximum atomic E-state index is 12.4. The van der Waals surface area contributed by atoms with E-state index in [0.29, 0.717) is 11.1 Å². The first kappa shape index (κ1) is 17.8. The Labute approximate surface area is 140 Å². The van der Waals surface area contributed by atoms with E-state index in [9.17, 15) is 23.1 Å². The van der Waals surface area contributed by atoms with Crippen molar-refractivity contribution in [1.82, 2.24) is 4.72 Å². The van der Waals surface area contributed by atoms with Gasteiger partial charge in [0.05, 0.1) is 4.90 Å². The first-order chi connectivity index (χ1) is 11.3. The second-order valence-electron chi connectivity index (χ2n) is 5.28. The van der Waals surface area contributed by atoms with Crippen molar-refractivity contribution in [2.24, 2.45) is 0 Å². The van der Waals surface area contributed by atoms with Crippen LogP contribution in [0.15, 0.2) is 59.5 Å². The lowest BCUT2D eigenvalue weighted by Crippen LogP contribution is -2.42. The molecule has 2 aromatic rings. The van der Waals surface area contributed by atoms with Crippen LogP contribution in [0.4, 0.5) is 0 Å². The molecule has 6 nitrogen and oxygen atoms in total. The number of carbonyl (C=O) groups is 2. The summed E-state index contributed by atoms with van der Waals surface area (Å²) >= 11 is 0. The van der Waals surface area contributed by atoms with Crippen molar-refractivity contribution in [1.29, 1.82) is 0 Å². The number of sulfonamides is 1. The normalized spacial score (nSPS) is 12.5. The van der Waals surface area contributed by atoms with Gasteiger partial charge in [0.15, 0.2) is 5.78 Å². The maximum absolute atomic E-state index is 12.4. The molecule has 0 spiro atoms. The molecule has 0 saturated heterocycles. The summed E-state index contributed by atoms with van der Waals surface area (Å²) in [4.78, 5) is 22.5. The minimum atomic E-state index is -4.01. The van der Waals surface area contributed by atoms with Gasteiger partial charge in [-0.2, -0.15) is 4.72 Å². The molecule has 0 aromatic heterocycles. The van der Waals surface area contributed by atoms with E-state index < -0.39 is 22.0 Å². The van der Waals surface area contributed by atoms with Crippen LogP contribution in [0.1, 0.15) is 22.8 Å². The van der Waals surface area contributed by atoms with Crippen molar-refractivity contribution >= 4 is 21.8 Å². The van der Waals surface area contributed by atoms with Gasteiger partial charge in [0, 0.05) is 5.56 Å². The van der Waals surface area contributed by atoms with Gasteiger partial charge in [-0.25, -0.2) is 8.42 Å². The van der Waals surface area contributed by atoms with Crippen molar-refractivity contribution in [2.75, 3.05) is 0 Å². The van der Waals surface area contributed by atoms with E-state index in [1.54, 1.807) is 30.3 Å². The first-order valence-electron chi connectivity index (χ1n) is 7.19. The van der Waals surface area contributed by atoms with Crippen LogP contribution in [0.2, 0.25) is 0 Å². The number of hydrogen-bond acceptors (Lipinski definition) is 4. The fourth-order valence-corrected chi connectivity index (χ4v) is 3.34. The number of nitrogens with one attached hydrogen (secondary N) is 1. The number of carboxylic acids is 1. The van der Waals surface area contributed by atoms with E-state index in [2.05, 4.69) is 4.72 Å². The highest BCUT2D eigenvalue weighted by molar-refractivity contribution is 7.89. The average Bonchev–Trinajstić information content (AvgIpc) is 2.55. The average molecular weight is 347 g/mol. The van der Waals surface area contributed by atoms with Gasteiger partial charge in [-0.15, -0.1) is 0 Å². The Morgan fingerprint density at radius 3 is 2.12 bits per heavy atom. The second-order valence-corrected chi connectivity index (χ2v) is 7.00. The zero-order chi connectivity index (χ0) is 17.7. The van der Waals surface area contributed by atoms with Crippen LogP contribution in [-0.4, -0.2) is 31.3 Å². The molecule has 7 heteroatoms. The van der Waals surface area contributed by atoms with Gasteiger partial charge < -0.3 is 5.11 Å². The molecule has 2 aromatic carbocycles. The number of rotatable bonds is 7. The third-order valence-electron chi connectivity index (χ3n) is 3.45. The van der Waals surface area contributed by atoms with Crippen molar-refractivity contribution < 1.29 is 23.1 Å². The molecule has 0 aliphatic heterocycles. The van der Waals surface area contributed by atoms with Crippen LogP contribution < -0.4 is 4.72 Å². The molecule has 0 radical (unpaired) electrons. The summed E-state index contributed by atoms with van der Waals surface area (Å²) < 4.78 is 26.9. The molecule has 0 bridgehead atoms. The number of Topliss-reactive ketones (excluding diaryl/α,β-unsaturated/α-hetero) is 1. The quantitative estimate of drug-likeness (QED) is 0.745. The van der Waals surface area contributed by atoms with Gasteiger partial charge in [0.25, 0.3) is 0 Å². The zero-order valence-electron chi connectivity index (χ0n) is 13.0. The van der Waals surface area contributed by atoms with Crippen LogP contribution in [0.25, 0.3) is 0 Å². The molecule has 0 heterocycles. The Kier molecular flexibility index (Phi) is 5.48. The maximum Gasteiger partial charge on any atom is 0.322 e. The van der Waals surface area contributed by atoms with Crippen LogP contribution in [0.5, 0.6) is 0 Å². The third kappa shape index (κ3) is 4.50. The second kappa shape index (κ2) is 7.37. The topological polar surface area (TPSA) is 101 Å². The van der Waals surface area contributed by atoms with Crippen LogP contribution >= 0.6 is 0 Å². The Morgan fingerprint density at radius 2 is 1.62 bits per heavy atom. The lowest BCUT2D eigenvalue weighted by Gasteiger charge is -2.15. The summed E-state index contributed by atoms with van der Waals surface area (Å²) in [6.07, 6.45) is 0.0287. The van der Waals surface area contributed by atoms with E-state index in [4.69, 9.17) is 0 Å². The monoisotopic (exact) mass is 347 g/mol. The summed E-state index contributed by atoms with van der Waals surface area (Å²) in [5.74, 6) is -1.44. The molecular weight excluding hydrogens is 330 g/mol. The molecule has 1 atom stereocenters. The fraction of sp³-hybridized carbons (Fsp3) is 0.176. The molecule has 0 aliphatic rings. The molecule has 126 valence electrons. The highest BCUT2D eigenvalue weighted by Gasteiger charge is 2.25. The van der Waals surface area contributed by atoms with Crippen molar-refractivity contribution in [3.8, 4) is 0 Å². The van der Waals surface area contributed by atoms with E-state index in [1.165, 1.54) is 31.2 Å². The summed E-state index contributed by atoms with van der Waals surface area (Å²) in [7, 11) is -4.01. The van der Waals surface area contributed by atoms with Gasteiger partial charge in [-0.05, 0) is 31.0 Å². The van der Waals surface area contributed by atoms with Crippen molar-refractivity contribution in [3.05, 3.63) is 65.7 Å². The number of hydrogen-bond donors (Lipinski definition) is 2. The Hall–Kier alpha value is -2.51. The molecule has 0 fully saturated rings. The van der Waals surface area contributed by atoms with Gasteiger partial charge >= 0.3 is 5.97 Å². The fourth-order valence-electron chi connectivity index (χ4n) is 2.15. The van der Waals surface area contributed by atoms with E-state index in [0.717, 1.165) is 0 Å². The molecular formula is C17H17NO5S. The Balaban J connectivity index is 2.21. The largest absolute Gasteiger partial charge is 0.480 e. The number of aliphatic carboxylic acids is 1. The number of carboxylic acid groups (broad SMARTS) is 1. The number of carbonyl (C=O) groups excluding carboxylic acids is 1. The number of benzene rings is 2. The summed E-state index contributed by atoms with van der Waals surface area (Å²) in [6, 6.07) is 12.8. The predicted molar refractivity (Wildman–Crippen MR) is 88.3 cm³/mol. The molecule has 24 heavy (non-hydrogen) atoms. The van der Waals surface area contributed by atoms with Crippen LogP contribution in [0.3, 0.4) is 0 Å². The Bertz CT molecular complexity index is 829. The van der Waals surface area contributed by atoms with E-state index in [-0.39, 0.29) is 17.1 Å². The molecule has 0 amide bonds. The standard InChI is InChI=1S/C17H17NO5S/c1-12(19)14-7-9-15(10-8-14)24(22,23)18-16(17(20)21)11-13-5-3-2-4-6-13/h2-10,16,18H,11H2,1H3,(H,20,21). The molecule has 0 saturated carbocycles. The smallest absolute Gasteiger partial charge is 0.322 e. The minimum Gasteiger partial charge on any atom is -0.480 e. The van der Waals surface area contributed by atoms with Crippen molar-refractivity contribution in [2.45, 2.75) is 24.3 Å². The highest BCUT2D eigenvalue weighted by atomic mass is 32.2. The predicted octanol–water partition coefficient (Wildman–Crippen LogP) is 1.86. The third-order valence-corrected chi connectivity index (χ3v) is 4.94. The molecule has 1 unspecified atom stereocenters. The SMILES string of the molecule is CC(=O)c1ccc(S(=O)(=O)NC(Cc2ccccc2)C(=O)O)cc1. The van der Waals surface area contributed by atoms with E-state index in [1.807, 2.05) is 0 Å². The van der Waals surface area contributed by atoms with Gasteiger partial charge in [-0.3, -0.25) is 9.59 Å².